The van der Waals surface area contributed by atoms with Crippen LogP contribution in [0.5, 0.6) is 0 Å². The number of ether oxygens (including phenoxy) is 1. The largest absolute Gasteiger partial charge is 0.495 e. The quantitative estimate of drug-likeness (QED) is 0.625. The van der Waals surface area contributed by atoms with Crippen molar-refractivity contribution in [1.82, 2.24) is 0 Å². The van der Waals surface area contributed by atoms with E-state index in [2.05, 4.69) is 39.5 Å². The molecule has 0 aliphatic heterocycles. The fourth-order valence-electron chi connectivity index (χ4n) is 6.43. The van der Waals surface area contributed by atoms with Gasteiger partial charge in [0.15, 0.2) is 5.78 Å². The molecule has 0 heterocycles. The SMILES string of the molecule is C=C(CC)O[C@H]1CCC2C3C=CC4=CC(=O)CCC4(C)C3CCC21C. The minimum atomic E-state index is 0.195. The highest BCUT2D eigenvalue weighted by molar-refractivity contribution is 5.92. The second-order valence-corrected chi connectivity index (χ2v) is 9.25. The van der Waals surface area contributed by atoms with Gasteiger partial charge in [-0.25, -0.2) is 0 Å². The van der Waals surface area contributed by atoms with Crippen molar-refractivity contribution in [2.75, 3.05) is 0 Å². The van der Waals surface area contributed by atoms with Crippen LogP contribution in [0.2, 0.25) is 0 Å². The summed E-state index contributed by atoms with van der Waals surface area (Å²) in [5, 5.41) is 0. The van der Waals surface area contributed by atoms with Crippen LogP contribution in [-0.2, 0) is 9.53 Å². The van der Waals surface area contributed by atoms with Gasteiger partial charge in [0.25, 0.3) is 0 Å². The van der Waals surface area contributed by atoms with Crippen LogP contribution in [0.25, 0.3) is 0 Å². The smallest absolute Gasteiger partial charge is 0.156 e. The molecule has 5 unspecified atom stereocenters. The highest BCUT2D eigenvalue weighted by atomic mass is 16.5. The molecule has 0 saturated heterocycles. The third kappa shape index (κ3) is 2.47. The van der Waals surface area contributed by atoms with Gasteiger partial charge < -0.3 is 4.74 Å². The maximum atomic E-state index is 11.9. The Hall–Kier alpha value is -1.31. The second-order valence-electron chi connectivity index (χ2n) is 9.25. The third-order valence-corrected chi connectivity index (χ3v) is 8.13. The maximum absolute atomic E-state index is 11.9. The van der Waals surface area contributed by atoms with Crippen molar-refractivity contribution in [2.24, 2.45) is 28.6 Å². The zero-order valence-electron chi connectivity index (χ0n) is 16.0. The predicted octanol–water partition coefficient (Wildman–Crippen LogP) is 5.60. The van der Waals surface area contributed by atoms with E-state index in [-0.39, 0.29) is 10.8 Å². The molecule has 0 spiro atoms. The highest BCUT2D eigenvalue weighted by Gasteiger charge is 2.58. The van der Waals surface area contributed by atoms with Gasteiger partial charge >= 0.3 is 0 Å². The minimum absolute atomic E-state index is 0.195. The molecular weight excluding hydrogens is 308 g/mol. The Bertz CT molecular complexity index is 657. The Labute approximate surface area is 152 Å². The second kappa shape index (κ2) is 5.86. The number of hydrogen-bond donors (Lipinski definition) is 0. The average Bonchev–Trinajstić information content (AvgIpc) is 2.92. The zero-order chi connectivity index (χ0) is 17.8. The molecule has 0 radical (unpaired) electrons. The van der Waals surface area contributed by atoms with Crippen LogP contribution < -0.4 is 0 Å². The van der Waals surface area contributed by atoms with Crippen LogP contribution in [0, 0.1) is 28.6 Å². The number of allylic oxidation sites excluding steroid dienone is 5. The van der Waals surface area contributed by atoms with Gasteiger partial charge in [0.1, 0.15) is 6.10 Å². The molecule has 0 aromatic heterocycles. The van der Waals surface area contributed by atoms with Crippen LogP contribution in [0.3, 0.4) is 0 Å². The first kappa shape index (κ1) is 17.1. The molecule has 0 aromatic rings. The highest BCUT2D eigenvalue weighted by Crippen LogP contribution is 2.64. The molecule has 2 nitrogen and oxygen atoms in total. The number of rotatable bonds is 3. The lowest BCUT2D eigenvalue weighted by Crippen LogP contribution is -2.50. The van der Waals surface area contributed by atoms with Crippen LogP contribution in [-0.4, -0.2) is 11.9 Å². The molecule has 0 aromatic carbocycles. The van der Waals surface area contributed by atoms with E-state index in [1.165, 1.54) is 24.8 Å². The van der Waals surface area contributed by atoms with Crippen LogP contribution >= 0.6 is 0 Å². The summed E-state index contributed by atoms with van der Waals surface area (Å²) in [6, 6.07) is 0. The lowest BCUT2D eigenvalue weighted by molar-refractivity contribution is -0.116. The molecule has 2 fully saturated rings. The van der Waals surface area contributed by atoms with E-state index in [1.807, 2.05) is 6.08 Å². The Balaban J connectivity index is 1.64. The lowest BCUT2D eigenvalue weighted by atomic mass is 9.49. The summed E-state index contributed by atoms with van der Waals surface area (Å²) in [5.74, 6) is 3.27. The number of ketones is 1. The molecule has 4 rings (SSSR count). The van der Waals surface area contributed by atoms with Gasteiger partial charge in [-0.2, -0.15) is 0 Å². The van der Waals surface area contributed by atoms with Crippen molar-refractivity contribution in [3.63, 3.8) is 0 Å². The van der Waals surface area contributed by atoms with E-state index in [9.17, 15) is 4.79 Å². The summed E-state index contributed by atoms with van der Waals surface area (Å²) in [4.78, 5) is 11.9. The molecule has 2 heteroatoms. The monoisotopic (exact) mass is 340 g/mol. The summed E-state index contributed by atoms with van der Waals surface area (Å²) in [7, 11) is 0. The first-order chi connectivity index (χ1) is 11.9. The van der Waals surface area contributed by atoms with Crippen molar-refractivity contribution in [3.05, 3.63) is 36.1 Å². The number of hydrogen-bond acceptors (Lipinski definition) is 2. The fourth-order valence-corrected chi connectivity index (χ4v) is 6.43. The summed E-state index contributed by atoms with van der Waals surface area (Å²) >= 11 is 0. The van der Waals surface area contributed by atoms with Gasteiger partial charge in [0.2, 0.25) is 0 Å². The summed E-state index contributed by atoms with van der Waals surface area (Å²) in [6.45, 7) is 11.1. The zero-order valence-corrected chi connectivity index (χ0v) is 16.0. The summed E-state index contributed by atoms with van der Waals surface area (Å²) in [6.07, 6.45) is 14.6. The van der Waals surface area contributed by atoms with E-state index < -0.39 is 0 Å². The Morgan fingerprint density at radius 1 is 1.24 bits per heavy atom. The van der Waals surface area contributed by atoms with Crippen molar-refractivity contribution in [1.29, 1.82) is 0 Å². The van der Waals surface area contributed by atoms with E-state index in [4.69, 9.17) is 4.74 Å². The van der Waals surface area contributed by atoms with E-state index >= 15 is 0 Å². The third-order valence-electron chi connectivity index (χ3n) is 8.13. The first-order valence-corrected chi connectivity index (χ1v) is 10.2. The minimum Gasteiger partial charge on any atom is -0.495 e. The van der Waals surface area contributed by atoms with Gasteiger partial charge in [0.05, 0.1) is 5.76 Å². The van der Waals surface area contributed by atoms with E-state index in [0.29, 0.717) is 29.6 Å². The van der Waals surface area contributed by atoms with Crippen LogP contribution in [0.4, 0.5) is 0 Å². The van der Waals surface area contributed by atoms with Crippen molar-refractivity contribution >= 4 is 5.78 Å². The van der Waals surface area contributed by atoms with Gasteiger partial charge in [-0.15, -0.1) is 0 Å². The number of fused-ring (bicyclic) bond motifs is 5. The number of carbonyl (C=O) groups is 1. The molecule has 25 heavy (non-hydrogen) atoms. The van der Waals surface area contributed by atoms with Crippen molar-refractivity contribution < 1.29 is 9.53 Å². The summed E-state index contributed by atoms with van der Waals surface area (Å²) < 4.78 is 6.28. The van der Waals surface area contributed by atoms with Gasteiger partial charge in [-0.05, 0) is 66.9 Å². The predicted molar refractivity (Wildman–Crippen MR) is 101 cm³/mol. The molecule has 0 N–H and O–H groups in total. The van der Waals surface area contributed by atoms with Gasteiger partial charge in [-0.1, -0.05) is 39.5 Å². The Kier molecular flexibility index (Phi) is 4.01. The molecule has 6 atom stereocenters. The molecular formula is C23H32O2. The van der Waals surface area contributed by atoms with Crippen molar-refractivity contribution in [2.45, 2.75) is 71.8 Å². The standard InChI is InChI=1S/C23H32O2/c1-5-15(2)25-21-9-8-19-18-7-6-16-14-17(24)10-12-22(16,3)20(18)11-13-23(19,21)4/h6-7,14,18-21H,2,5,8-13H2,1,3-4H3/t18?,19?,20?,21-,22?,23?/m0/s1. The fraction of sp³-hybridized carbons (Fsp3) is 0.696. The van der Waals surface area contributed by atoms with E-state index in [0.717, 1.165) is 31.4 Å². The molecule has 4 aliphatic rings. The Morgan fingerprint density at radius 3 is 2.80 bits per heavy atom. The van der Waals surface area contributed by atoms with Crippen molar-refractivity contribution in [3.8, 4) is 0 Å². The average molecular weight is 341 g/mol. The van der Waals surface area contributed by atoms with E-state index in [1.54, 1.807) is 0 Å². The number of carbonyl (C=O) groups excluding carboxylic acids is 1. The van der Waals surface area contributed by atoms with Crippen LogP contribution in [0.15, 0.2) is 36.1 Å². The Morgan fingerprint density at radius 2 is 2.04 bits per heavy atom. The van der Waals surface area contributed by atoms with Gasteiger partial charge in [-0.3, -0.25) is 4.79 Å². The lowest BCUT2D eigenvalue weighted by Gasteiger charge is -2.55. The molecule has 2 saturated carbocycles. The molecule has 0 bridgehead atoms. The molecule has 136 valence electrons. The summed E-state index contributed by atoms with van der Waals surface area (Å²) in [5.41, 5.74) is 1.76. The normalized spacial score (nSPS) is 45.2. The first-order valence-electron chi connectivity index (χ1n) is 10.2. The maximum Gasteiger partial charge on any atom is 0.156 e. The molecule has 0 amide bonds. The van der Waals surface area contributed by atoms with Gasteiger partial charge in [0, 0.05) is 18.3 Å². The molecule has 4 aliphatic carbocycles. The topological polar surface area (TPSA) is 26.3 Å². The van der Waals surface area contributed by atoms with Crippen LogP contribution in [0.1, 0.15) is 65.7 Å².